The lowest BCUT2D eigenvalue weighted by Crippen LogP contribution is -2.11. The van der Waals surface area contributed by atoms with Gasteiger partial charge in [-0.1, -0.05) is 12.1 Å². The van der Waals surface area contributed by atoms with E-state index < -0.39 is 9.84 Å². The summed E-state index contributed by atoms with van der Waals surface area (Å²) >= 11 is 0. The molecule has 1 aromatic rings. The molecule has 0 aliphatic carbocycles. The van der Waals surface area contributed by atoms with E-state index in [0.29, 0.717) is 11.4 Å². The zero-order valence-electron chi connectivity index (χ0n) is 8.64. The summed E-state index contributed by atoms with van der Waals surface area (Å²) in [5, 5.41) is 0. The van der Waals surface area contributed by atoms with Gasteiger partial charge < -0.3 is 10.5 Å². The van der Waals surface area contributed by atoms with Gasteiger partial charge in [0.25, 0.3) is 0 Å². The number of benzene rings is 1. The Kier molecular flexibility index (Phi) is 4.26. The summed E-state index contributed by atoms with van der Waals surface area (Å²) in [6.07, 6.45) is 0. The van der Waals surface area contributed by atoms with Gasteiger partial charge in [0, 0.05) is 13.7 Å². The maximum absolute atomic E-state index is 11.7. The molecule has 0 spiro atoms. The average molecular weight is 229 g/mol. The van der Waals surface area contributed by atoms with Crippen molar-refractivity contribution in [3.8, 4) is 0 Å². The molecule has 15 heavy (non-hydrogen) atoms. The summed E-state index contributed by atoms with van der Waals surface area (Å²) in [7, 11) is -1.73. The molecule has 0 bridgehead atoms. The van der Waals surface area contributed by atoms with Crippen LogP contribution in [-0.4, -0.2) is 27.9 Å². The van der Waals surface area contributed by atoms with Crippen LogP contribution in [0.2, 0.25) is 0 Å². The summed E-state index contributed by atoms with van der Waals surface area (Å²) in [5.74, 6) is 0.00543. The van der Waals surface area contributed by atoms with Crippen LogP contribution in [0.25, 0.3) is 0 Å². The first-order valence-corrected chi connectivity index (χ1v) is 6.26. The summed E-state index contributed by atoms with van der Waals surface area (Å²) in [6.45, 7) is 0.624. The van der Waals surface area contributed by atoms with Crippen molar-refractivity contribution in [3.63, 3.8) is 0 Å². The number of hydrogen-bond donors (Lipinski definition) is 1. The van der Waals surface area contributed by atoms with Gasteiger partial charge in [0.15, 0.2) is 9.84 Å². The maximum atomic E-state index is 11.7. The number of sulfone groups is 1. The Bertz CT molecular complexity index is 397. The van der Waals surface area contributed by atoms with Crippen LogP contribution < -0.4 is 5.73 Å². The Morgan fingerprint density at radius 2 is 1.87 bits per heavy atom. The largest absolute Gasteiger partial charge is 0.384 e. The van der Waals surface area contributed by atoms with E-state index in [0.717, 1.165) is 5.56 Å². The first kappa shape index (κ1) is 12.2. The van der Waals surface area contributed by atoms with E-state index in [-0.39, 0.29) is 12.4 Å². The highest BCUT2D eigenvalue weighted by Crippen LogP contribution is 2.12. The lowest BCUT2D eigenvalue weighted by atomic mass is 10.2. The molecule has 2 N–H and O–H groups in total. The molecule has 0 saturated carbocycles. The summed E-state index contributed by atoms with van der Waals surface area (Å²) in [6, 6.07) is 6.60. The minimum Gasteiger partial charge on any atom is -0.384 e. The van der Waals surface area contributed by atoms with Gasteiger partial charge in [0.1, 0.15) is 0 Å². The minimum absolute atomic E-state index is 0.00543. The molecule has 84 valence electrons. The predicted molar refractivity (Wildman–Crippen MR) is 58.3 cm³/mol. The van der Waals surface area contributed by atoms with Crippen LogP contribution in [0, 0.1) is 0 Å². The Labute approximate surface area is 90.0 Å². The standard InChI is InChI=1S/C10H15NO3S/c1-14-6-7-15(12,13)10-4-2-9(8-11)3-5-10/h2-5H,6-8,11H2,1H3. The highest BCUT2D eigenvalue weighted by Gasteiger charge is 2.13. The van der Waals surface area contributed by atoms with Crippen LogP contribution >= 0.6 is 0 Å². The number of ether oxygens (including phenoxy) is 1. The predicted octanol–water partition coefficient (Wildman–Crippen LogP) is 0.565. The van der Waals surface area contributed by atoms with Crippen molar-refractivity contribution < 1.29 is 13.2 Å². The van der Waals surface area contributed by atoms with Crippen molar-refractivity contribution in [3.05, 3.63) is 29.8 Å². The lowest BCUT2D eigenvalue weighted by molar-refractivity contribution is 0.217. The third-order valence-corrected chi connectivity index (χ3v) is 3.77. The molecule has 5 heteroatoms. The van der Waals surface area contributed by atoms with E-state index in [1.54, 1.807) is 24.3 Å². The number of nitrogens with two attached hydrogens (primary N) is 1. The van der Waals surface area contributed by atoms with Gasteiger partial charge in [-0.3, -0.25) is 0 Å². The molecule has 0 aliphatic heterocycles. The van der Waals surface area contributed by atoms with Gasteiger partial charge >= 0.3 is 0 Å². The van der Waals surface area contributed by atoms with Crippen molar-refractivity contribution in [2.24, 2.45) is 5.73 Å². The normalized spacial score (nSPS) is 11.6. The van der Waals surface area contributed by atoms with E-state index in [1.165, 1.54) is 7.11 Å². The molecule has 0 saturated heterocycles. The van der Waals surface area contributed by atoms with Crippen LogP contribution in [-0.2, 0) is 21.1 Å². The van der Waals surface area contributed by atoms with Crippen molar-refractivity contribution >= 4 is 9.84 Å². The van der Waals surface area contributed by atoms with Gasteiger partial charge in [-0.2, -0.15) is 0 Å². The third kappa shape index (κ3) is 3.30. The molecule has 0 aromatic heterocycles. The second-order valence-electron chi connectivity index (χ2n) is 3.16. The van der Waals surface area contributed by atoms with Crippen LogP contribution in [0.15, 0.2) is 29.2 Å². The highest BCUT2D eigenvalue weighted by molar-refractivity contribution is 7.91. The molecular weight excluding hydrogens is 214 g/mol. The molecule has 0 amide bonds. The molecule has 0 unspecified atom stereocenters. The quantitative estimate of drug-likeness (QED) is 0.801. The van der Waals surface area contributed by atoms with E-state index in [2.05, 4.69) is 0 Å². The van der Waals surface area contributed by atoms with Crippen molar-refractivity contribution in [2.45, 2.75) is 11.4 Å². The first-order chi connectivity index (χ1) is 7.10. The molecule has 1 rings (SSSR count). The van der Waals surface area contributed by atoms with Crippen molar-refractivity contribution in [2.75, 3.05) is 19.5 Å². The maximum Gasteiger partial charge on any atom is 0.180 e. The van der Waals surface area contributed by atoms with Gasteiger partial charge in [-0.05, 0) is 17.7 Å². The summed E-state index contributed by atoms with van der Waals surface area (Å²) < 4.78 is 28.1. The van der Waals surface area contributed by atoms with Crippen LogP contribution in [0.1, 0.15) is 5.56 Å². The fourth-order valence-electron chi connectivity index (χ4n) is 1.14. The first-order valence-electron chi connectivity index (χ1n) is 4.61. The van der Waals surface area contributed by atoms with Gasteiger partial charge in [0.2, 0.25) is 0 Å². The fraction of sp³-hybridized carbons (Fsp3) is 0.400. The van der Waals surface area contributed by atoms with E-state index in [1.807, 2.05) is 0 Å². The highest BCUT2D eigenvalue weighted by atomic mass is 32.2. The average Bonchev–Trinajstić information content (AvgIpc) is 2.26. The third-order valence-electron chi connectivity index (χ3n) is 2.07. The van der Waals surface area contributed by atoms with Gasteiger partial charge in [-0.15, -0.1) is 0 Å². The Morgan fingerprint density at radius 1 is 1.27 bits per heavy atom. The smallest absolute Gasteiger partial charge is 0.180 e. The number of hydrogen-bond acceptors (Lipinski definition) is 4. The van der Waals surface area contributed by atoms with Crippen molar-refractivity contribution in [1.82, 2.24) is 0 Å². The molecule has 0 aliphatic rings. The van der Waals surface area contributed by atoms with Crippen LogP contribution in [0.4, 0.5) is 0 Å². The van der Waals surface area contributed by atoms with Crippen LogP contribution in [0.5, 0.6) is 0 Å². The molecule has 1 aromatic carbocycles. The summed E-state index contributed by atoms with van der Waals surface area (Å²) in [5.41, 5.74) is 6.34. The SMILES string of the molecule is COCCS(=O)(=O)c1ccc(CN)cc1. The van der Waals surface area contributed by atoms with E-state index in [4.69, 9.17) is 10.5 Å². The Morgan fingerprint density at radius 3 is 2.33 bits per heavy atom. The number of methoxy groups -OCH3 is 1. The molecular formula is C10H15NO3S. The van der Waals surface area contributed by atoms with Crippen molar-refractivity contribution in [1.29, 1.82) is 0 Å². The van der Waals surface area contributed by atoms with E-state index in [9.17, 15) is 8.42 Å². The molecule has 0 heterocycles. The second kappa shape index (κ2) is 5.25. The van der Waals surface area contributed by atoms with Crippen LogP contribution in [0.3, 0.4) is 0 Å². The fourth-order valence-corrected chi connectivity index (χ4v) is 2.32. The van der Waals surface area contributed by atoms with Gasteiger partial charge in [-0.25, -0.2) is 8.42 Å². The summed E-state index contributed by atoms with van der Waals surface area (Å²) in [4.78, 5) is 0.316. The molecule has 0 fully saturated rings. The molecule has 0 radical (unpaired) electrons. The Balaban J connectivity index is 2.86. The minimum atomic E-state index is -3.21. The monoisotopic (exact) mass is 229 g/mol. The molecule has 0 atom stereocenters. The topological polar surface area (TPSA) is 69.4 Å². The zero-order chi connectivity index (χ0) is 11.3. The Hall–Kier alpha value is -0.910. The molecule has 4 nitrogen and oxygen atoms in total. The lowest BCUT2D eigenvalue weighted by Gasteiger charge is -2.04. The second-order valence-corrected chi connectivity index (χ2v) is 5.27. The van der Waals surface area contributed by atoms with Gasteiger partial charge in [0.05, 0.1) is 17.3 Å². The zero-order valence-corrected chi connectivity index (χ0v) is 9.46. The van der Waals surface area contributed by atoms with E-state index >= 15 is 0 Å². The number of rotatable bonds is 5.